The summed E-state index contributed by atoms with van der Waals surface area (Å²) >= 11 is 12.2. The number of aryl methyl sites for hydroxylation is 1. The van der Waals surface area contributed by atoms with Gasteiger partial charge in [0.25, 0.3) is 0 Å². The predicted octanol–water partition coefficient (Wildman–Crippen LogP) is 4.44. The van der Waals surface area contributed by atoms with Crippen LogP contribution in [-0.2, 0) is 16.0 Å². The molecule has 0 saturated carbocycles. The fraction of sp³-hybridized carbons (Fsp3) is 0.545. The van der Waals surface area contributed by atoms with E-state index in [1.807, 2.05) is 0 Å². The van der Waals surface area contributed by atoms with Crippen LogP contribution in [0.1, 0.15) is 32.6 Å². The molecule has 0 radical (unpaired) electrons. The summed E-state index contributed by atoms with van der Waals surface area (Å²) in [6.45, 7) is 8.41. The van der Waals surface area contributed by atoms with Gasteiger partial charge in [-0.05, 0) is 30.5 Å². The number of carbonyl (C=O) groups is 1. The van der Waals surface area contributed by atoms with Gasteiger partial charge in [-0.1, -0.05) is 37.0 Å². The van der Waals surface area contributed by atoms with E-state index in [2.05, 4.69) is 29.0 Å². The van der Waals surface area contributed by atoms with Gasteiger partial charge in [0.2, 0.25) is 5.91 Å². The summed E-state index contributed by atoms with van der Waals surface area (Å²) in [6.07, 6.45) is 3.43. The molecule has 1 aromatic carbocycles. The summed E-state index contributed by atoms with van der Waals surface area (Å²) in [5.41, 5.74) is 0.728. The zero-order chi connectivity index (χ0) is 21.5. The van der Waals surface area contributed by atoms with Crippen molar-refractivity contribution in [1.82, 2.24) is 15.2 Å². The summed E-state index contributed by atoms with van der Waals surface area (Å²) < 4.78 is 11.2. The Morgan fingerprint density at radius 3 is 2.73 bits per heavy atom. The number of amides is 1. The maximum atomic E-state index is 12.4. The molecule has 0 spiro atoms. The average Bonchev–Trinajstić information content (AvgIpc) is 3.18. The van der Waals surface area contributed by atoms with Crippen LogP contribution < -0.4 is 5.32 Å². The number of nitrogens with one attached hydrogen (secondary N) is 1. The first-order chi connectivity index (χ1) is 14.4. The van der Waals surface area contributed by atoms with Crippen molar-refractivity contribution < 1.29 is 13.9 Å². The molecule has 1 amide bonds. The molecule has 1 saturated heterocycles. The second-order valence-electron chi connectivity index (χ2n) is 7.98. The first kappa shape index (κ1) is 23.1. The van der Waals surface area contributed by atoms with Crippen molar-refractivity contribution in [2.24, 2.45) is 5.92 Å². The van der Waals surface area contributed by atoms with Crippen molar-refractivity contribution in [3.8, 4) is 11.3 Å². The van der Waals surface area contributed by atoms with E-state index in [4.69, 9.17) is 32.4 Å². The number of nitrogens with zero attached hydrogens (tertiary/aromatic N) is 2. The minimum Gasteiger partial charge on any atom is -0.441 e. The molecule has 3 rings (SSSR count). The molecule has 164 valence electrons. The number of carbonyl (C=O) groups excluding carboxylic acids is 1. The first-order valence-corrected chi connectivity index (χ1v) is 11.2. The van der Waals surface area contributed by atoms with Gasteiger partial charge in [-0.25, -0.2) is 4.98 Å². The third-order valence-electron chi connectivity index (χ3n) is 5.16. The Kier molecular flexibility index (Phi) is 8.57. The van der Waals surface area contributed by atoms with Crippen molar-refractivity contribution in [1.29, 1.82) is 0 Å². The molecule has 2 aromatic rings. The Morgan fingerprint density at radius 2 is 2.03 bits per heavy atom. The van der Waals surface area contributed by atoms with Crippen LogP contribution in [-0.4, -0.2) is 54.7 Å². The Morgan fingerprint density at radius 1 is 1.27 bits per heavy atom. The third-order valence-corrected chi connectivity index (χ3v) is 5.70. The van der Waals surface area contributed by atoms with Gasteiger partial charge in [0, 0.05) is 49.1 Å². The molecule has 1 unspecified atom stereocenters. The number of morpholine rings is 1. The van der Waals surface area contributed by atoms with Gasteiger partial charge in [0.15, 0.2) is 11.7 Å². The fourth-order valence-electron chi connectivity index (χ4n) is 3.63. The number of rotatable bonds is 9. The summed E-state index contributed by atoms with van der Waals surface area (Å²) in [6, 6.07) is 5.54. The molecule has 6 nitrogen and oxygen atoms in total. The number of ether oxygens (including phenoxy) is 1. The van der Waals surface area contributed by atoms with Gasteiger partial charge in [-0.15, -0.1) is 0 Å². The first-order valence-electron chi connectivity index (χ1n) is 10.4. The Bertz CT molecular complexity index is 835. The lowest BCUT2D eigenvalue weighted by Gasteiger charge is -2.35. The van der Waals surface area contributed by atoms with Gasteiger partial charge in [0.05, 0.1) is 24.4 Å². The lowest BCUT2D eigenvalue weighted by Crippen LogP contribution is -2.49. The molecule has 1 atom stereocenters. The standard InChI is InChI=1S/C22H29Cl2N3O3/c1-15(2)11-17(27-7-9-29-10-8-27)13-25-21(28)5-6-22-26-14-20(30-22)18-4-3-16(23)12-19(18)24/h3-4,12,14-15,17H,5-11,13H2,1-2H3,(H,25,28). The zero-order valence-corrected chi connectivity index (χ0v) is 19.0. The van der Waals surface area contributed by atoms with Crippen molar-refractivity contribution >= 4 is 29.1 Å². The Hall–Kier alpha value is -1.60. The van der Waals surface area contributed by atoms with Crippen LogP contribution in [0.2, 0.25) is 10.0 Å². The molecule has 30 heavy (non-hydrogen) atoms. The van der Waals surface area contributed by atoms with Crippen LogP contribution in [0.4, 0.5) is 0 Å². The number of hydrogen-bond acceptors (Lipinski definition) is 5. The topological polar surface area (TPSA) is 67.6 Å². The minimum atomic E-state index is 0.00120. The fourth-order valence-corrected chi connectivity index (χ4v) is 4.13. The van der Waals surface area contributed by atoms with Gasteiger partial charge < -0.3 is 14.5 Å². The van der Waals surface area contributed by atoms with Crippen molar-refractivity contribution in [3.63, 3.8) is 0 Å². The second kappa shape index (κ2) is 11.1. The summed E-state index contributed by atoms with van der Waals surface area (Å²) in [7, 11) is 0. The SMILES string of the molecule is CC(C)CC(CNC(=O)CCc1ncc(-c2ccc(Cl)cc2Cl)o1)N1CCOCC1. The second-order valence-corrected chi connectivity index (χ2v) is 8.82. The van der Waals surface area contributed by atoms with E-state index in [-0.39, 0.29) is 5.91 Å². The highest BCUT2D eigenvalue weighted by atomic mass is 35.5. The molecular formula is C22H29Cl2N3O3. The molecule has 8 heteroatoms. The number of oxazole rings is 1. The van der Waals surface area contributed by atoms with E-state index in [0.717, 1.165) is 38.3 Å². The van der Waals surface area contributed by atoms with Crippen molar-refractivity contribution in [3.05, 3.63) is 40.3 Å². The van der Waals surface area contributed by atoms with Crippen LogP contribution in [0.15, 0.2) is 28.8 Å². The molecule has 0 bridgehead atoms. The smallest absolute Gasteiger partial charge is 0.220 e. The molecule has 1 fully saturated rings. The van der Waals surface area contributed by atoms with Gasteiger partial charge in [0.1, 0.15) is 0 Å². The Labute approximate surface area is 187 Å². The quantitative estimate of drug-likeness (QED) is 0.607. The number of halogens is 2. The lowest BCUT2D eigenvalue weighted by molar-refractivity contribution is -0.121. The molecule has 1 aliphatic heterocycles. The largest absolute Gasteiger partial charge is 0.441 e. The van der Waals surface area contributed by atoms with Gasteiger partial charge >= 0.3 is 0 Å². The third kappa shape index (κ3) is 6.71. The maximum absolute atomic E-state index is 12.4. The summed E-state index contributed by atoms with van der Waals surface area (Å²) in [5, 5.41) is 4.15. The van der Waals surface area contributed by atoms with Crippen LogP contribution in [0.25, 0.3) is 11.3 Å². The highest BCUT2D eigenvalue weighted by Gasteiger charge is 2.22. The maximum Gasteiger partial charge on any atom is 0.220 e. The van der Waals surface area contributed by atoms with Crippen LogP contribution in [0, 0.1) is 5.92 Å². The van der Waals surface area contributed by atoms with Crippen LogP contribution in [0.3, 0.4) is 0 Å². The van der Waals surface area contributed by atoms with Gasteiger partial charge in [-0.2, -0.15) is 0 Å². The highest BCUT2D eigenvalue weighted by Crippen LogP contribution is 2.30. The van der Waals surface area contributed by atoms with E-state index in [1.165, 1.54) is 0 Å². The van der Waals surface area contributed by atoms with Crippen molar-refractivity contribution in [2.75, 3.05) is 32.8 Å². The summed E-state index contributed by atoms with van der Waals surface area (Å²) in [5.74, 6) is 1.65. The van der Waals surface area contributed by atoms with E-state index in [0.29, 0.717) is 53.0 Å². The molecule has 2 heterocycles. The summed E-state index contributed by atoms with van der Waals surface area (Å²) in [4.78, 5) is 19.1. The number of hydrogen-bond donors (Lipinski definition) is 1. The normalized spacial score (nSPS) is 16.0. The van der Waals surface area contributed by atoms with E-state index >= 15 is 0 Å². The molecule has 0 aliphatic carbocycles. The average molecular weight is 454 g/mol. The van der Waals surface area contributed by atoms with Crippen molar-refractivity contribution in [2.45, 2.75) is 39.2 Å². The van der Waals surface area contributed by atoms with E-state index < -0.39 is 0 Å². The molecule has 1 N–H and O–H groups in total. The highest BCUT2D eigenvalue weighted by molar-refractivity contribution is 6.36. The van der Waals surface area contributed by atoms with Crippen LogP contribution >= 0.6 is 23.2 Å². The van der Waals surface area contributed by atoms with Gasteiger partial charge in [-0.3, -0.25) is 9.69 Å². The predicted molar refractivity (Wildman–Crippen MR) is 119 cm³/mol. The van der Waals surface area contributed by atoms with Crippen LogP contribution in [0.5, 0.6) is 0 Å². The number of aromatic nitrogens is 1. The monoisotopic (exact) mass is 453 g/mol. The minimum absolute atomic E-state index is 0.00120. The zero-order valence-electron chi connectivity index (χ0n) is 17.5. The molecular weight excluding hydrogens is 425 g/mol. The lowest BCUT2D eigenvalue weighted by atomic mass is 10.0. The molecule has 1 aliphatic rings. The Balaban J connectivity index is 1.49. The van der Waals surface area contributed by atoms with E-state index in [1.54, 1.807) is 24.4 Å². The number of benzene rings is 1. The van der Waals surface area contributed by atoms with E-state index in [9.17, 15) is 4.79 Å². The molecule has 1 aromatic heterocycles.